The van der Waals surface area contributed by atoms with Crippen molar-refractivity contribution >= 4 is 29.2 Å². The van der Waals surface area contributed by atoms with E-state index in [2.05, 4.69) is 4.74 Å². The number of ether oxygens (including phenoxy) is 2. The Bertz CT molecular complexity index is 917. The Hall–Kier alpha value is -3.24. The van der Waals surface area contributed by atoms with Crippen LogP contribution in [0.25, 0.3) is 0 Å². The number of nitrogens with two attached hydrogens (primary N) is 1. The molecule has 4 rings (SSSR count). The van der Waals surface area contributed by atoms with Crippen LogP contribution in [-0.2, 0) is 14.3 Å². The maximum Gasteiger partial charge on any atom is 0.442 e. The predicted octanol–water partition coefficient (Wildman–Crippen LogP) is 1.28. The number of hydrogen-bond donors (Lipinski definition) is 1. The molecule has 1 aromatic rings. The molecule has 0 unspecified atom stereocenters. The molecular weight excluding hydrogens is 371 g/mol. The minimum Gasteiger partial charge on any atom is -0.434 e. The highest BCUT2D eigenvalue weighted by atomic mass is 19.3. The van der Waals surface area contributed by atoms with Crippen molar-refractivity contribution in [2.75, 3.05) is 22.9 Å². The molecule has 2 N–H and O–H groups in total. The summed E-state index contributed by atoms with van der Waals surface area (Å²) in [5.74, 6) is -2.84. The minimum absolute atomic E-state index is 0.0566. The van der Waals surface area contributed by atoms with E-state index >= 15 is 0 Å². The third-order valence-electron chi connectivity index (χ3n) is 4.43. The first-order valence-electron chi connectivity index (χ1n) is 7.88. The molecule has 27 heavy (non-hydrogen) atoms. The molecule has 3 aliphatic heterocycles. The SMILES string of the molecule is NC(=O)[C@H]1CN(c2cc(F)c3c(c2)OC(F)(F)C2=CC(=O)CCN23)C(=O)O1. The van der Waals surface area contributed by atoms with E-state index in [-0.39, 0.29) is 30.9 Å². The van der Waals surface area contributed by atoms with Crippen molar-refractivity contribution in [1.29, 1.82) is 0 Å². The van der Waals surface area contributed by atoms with E-state index in [0.29, 0.717) is 0 Å². The zero-order chi connectivity index (χ0) is 19.5. The Labute approximate surface area is 149 Å². The second kappa shape index (κ2) is 5.63. The lowest BCUT2D eigenvalue weighted by Crippen LogP contribution is -2.46. The zero-order valence-corrected chi connectivity index (χ0v) is 13.6. The fraction of sp³-hybridized carbons (Fsp3) is 0.312. The summed E-state index contributed by atoms with van der Waals surface area (Å²) in [6.45, 7) is -0.422. The summed E-state index contributed by atoms with van der Waals surface area (Å²) in [6.07, 6.45) is -5.38. The molecule has 11 heteroatoms. The number of fused-ring (bicyclic) bond motifs is 3. The number of alkyl halides is 2. The van der Waals surface area contributed by atoms with Gasteiger partial charge in [0.1, 0.15) is 11.4 Å². The first kappa shape index (κ1) is 17.2. The van der Waals surface area contributed by atoms with E-state index in [1.54, 1.807) is 0 Å². The van der Waals surface area contributed by atoms with Crippen molar-refractivity contribution in [3.05, 3.63) is 29.7 Å². The standard InChI is InChI=1S/C16H12F3N3O5/c17-9-3-7(22-6-11(14(20)24)26-15(22)25)4-10-13(9)21-2-1-8(23)5-12(21)16(18,19)27-10/h3-5,11H,1-2,6H2,(H2,20,24)/t11-/m1/s1. The number of anilines is 2. The first-order valence-corrected chi connectivity index (χ1v) is 7.88. The van der Waals surface area contributed by atoms with Crippen LogP contribution in [0.5, 0.6) is 5.75 Å². The molecule has 0 aliphatic carbocycles. The number of halogens is 3. The molecule has 1 atom stereocenters. The van der Waals surface area contributed by atoms with E-state index in [0.717, 1.165) is 28.0 Å². The highest BCUT2D eigenvalue weighted by Crippen LogP contribution is 2.48. The van der Waals surface area contributed by atoms with Crippen LogP contribution in [0.15, 0.2) is 23.9 Å². The van der Waals surface area contributed by atoms with E-state index in [4.69, 9.17) is 10.5 Å². The van der Waals surface area contributed by atoms with Gasteiger partial charge in [-0.2, -0.15) is 8.78 Å². The van der Waals surface area contributed by atoms with E-state index < -0.39 is 47.3 Å². The van der Waals surface area contributed by atoms with Crippen LogP contribution >= 0.6 is 0 Å². The fourth-order valence-electron chi connectivity index (χ4n) is 3.19. The zero-order valence-electron chi connectivity index (χ0n) is 13.6. The Morgan fingerprint density at radius 2 is 2.00 bits per heavy atom. The van der Waals surface area contributed by atoms with Gasteiger partial charge in [0, 0.05) is 31.2 Å². The number of carbonyl (C=O) groups is 3. The number of carbonyl (C=O) groups excluding carboxylic acids is 3. The Balaban J connectivity index is 1.77. The number of allylic oxidation sites excluding steroid dienone is 1. The number of nitrogens with zero attached hydrogens (tertiary/aromatic N) is 2. The van der Waals surface area contributed by atoms with Crippen LogP contribution in [0, 0.1) is 5.82 Å². The monoisotopic (exact) mass is 383 g/mol. The van der Waals surface area contributed by atoms with Gasteiger partial charge in [0.25, 0.3) is 5.91 Å². The number of rotatable bonds is 2. The van der Waals surface area contributed by atoms with Gasteiger partial charge in [0.15, 0.2) is 23.5 Å². The highest BCUT2D eigenvalue weighted by molar-refractivity contribution is 5.96. The molecule has 1 fully saturated rings. The van der Waals surface area contributed by atoms with Crippen LogP contribution in [0.2, 0.25) is 0 Å². The lowest BCUT2D eigenvalue weighted by atomic mass is 10.1. The maximum absolute atomic E-state index is 14.7. The lowest BCUT2D eigenvalue weighted by molar-refractivity contribution is -0.149. The highest BCUT2D eigenvalue weighted by Gasteiger charge is 2.49. The molecular formula is C16H12F3N3O5. The lowest BCUT2D eigenvalue weighted by Gasteiger charge is -2.39. The Morgan fingerprint density at radius 1 is 1.26 bits per heavy atom. The van der Waals surface area contributed by atoms with Crippen molar-refractivity contribution in [1.82, 2.24) is 0 Å². The topological polar surface area (TPSA) is 102 Å². The summed E-state index contributed by atoms with van der Waals surface area (Å²) in [4.78, 5) is 36.4. The number of cyclic esters (lactones) is 1. The van der Waals surface area contributed by atoms with E-state index in [9.17, 15) is 27.6 Å². The molecule has 2 amide bonds. The summed E-state index contributed by atoms with van der Waals surface area (Å²) in [6, 6.07) is 1.98. The van der Waals surface area contributed by atoms with Crippen LogP contribution in [0.3, 0.4) is 0 Å². The molecule has 3 heterocycles. The first-order chi connectivity index (χ1) is 12.7. The predicted molar refractivity (Wildman–Crippen MR) is 83.8 cm³/mol. The molecule has 142 valence electrons. The summed E-state index contributed by atoms with van der Waals surface area (Å²) in [5, 5.41) is 0. The van der Waals surface area contributed by atoms with Gasteiger partial charge in [-0.1, -0.05) is 0 Å². The van der Waals surface area contributed by atoms with Gasteiger partial charge in [-0.25, -0.2) is 9.18 Å². The minimum atomic E-state index is -3.85. The van der Waals surface area contributed by atoms with Crippen molar-refractivity contribution in [3.8, 4) is 5.75 Å². The number of primary amides is 1. The maximum atomic E-state index is 14.7. The largest absolute Gasteiger partial charge is 0.442 e. The van der Waals surface area contributed by atoms with Crippen LogP contribution in [0.4, 0.5) is 29.3 Å². The molecule has 0 bridgehead atoms. The molecule has 8 nitrogen and oxygen atoms in total. The number of amides is 2. The number of hydrogen-bond acceptors (Lipinski definition) is 6. The third kappa shape index (κ3) is 2.66. The number of benzene rings is 1. The second-order valence-electron chi connectivity index (χ2n) is 6.18. The van der Waals surface area contributed by atoms with Gasteiger partial charge < -0.3 is 20.1 Å². The van der Waals surface area contributed by atoms with E-state index in [1.165, 1.54) is 0 Å². The fourth-order valence-corrected chi connectivity index (χ4v) is 3.19. The molecule has 1 aromatic carbocycles. The summed E-state index contributed by atoms with van der Waals surface area (Å²) in [7, 11) is 0. The van der Waals surface area contributed by atoms with Gasteiger partial charge >= 0.3 is 12.2 Å². The molecule has 0 saturated carbocycles. The van der Waals surface area contributed by atoms with Crippen molar-refractivity contribution in [2.24, 2.45) is 5.73 Å². The summed E-state index contributed by atoms with van der Waals surface area (Å²) < 4.78 is 52.7. The smallest absolute Gasteiger partial charge is 0.434 e. The molecule has 1 saturated heterocycles. The van der Waals surface area contributed by atoms with Crippen LogP contribution < -0.4 is 20.3 Å². The van der Waals surface area contributed by atoms with Crippen LogP contribution in [0.1, 0.15) is 6.42 Å². The number of ketones is 1. The van der Waals surface area contributed by atoms with Crippen molar-refractivity contribution < 1.29 is 37.0 Å². The van der Waals surface area contributed by atoms with Crippen LogP contribution in [-0.4, -0.2) is 43.1 Å². The second-order valence-corrected chi connectivity index (χ2v) is 6.18. The summed E-state index contributed by atoms with van der Waals surface area (Å²) >= 11 is 0. The Kier molecular flexibility index (Phi) is 3.58. The molecule has 3 aliphatic rings. The quantitative estimate of drug-likeness (QED) is 0.826. The molecule has 0 aromatic heterocycles. The van der Waals surface area contributed by atoms with Crippen molar-refractivity contribution in [3.63, 3.8) is 0 Å². The van der Waals surface area contributed by atoms with Gasteiger partial charge in [-0.3, -0.25) is 14.5 Å². The normalized spacial score (nSPS) is 23.2. The van der Waals surface area contributed by atoms with Gasteiger partial charge in [-0.05, 0) is 0 Å². The van der Waals surface area contributed by atoms with E-state index in [1.807, 2.05) is 0 Å². The molecule has 0 radical (unpaired) electrons. The Morgan fingerprint density at radius 3 is 2.67 bits per heavy atom. The van der Waals surface area contributed by atoms with Gasteiger partial charge in [-0.15, -0.1) is 0 Å². The molecule has 0 spiro atoms. The van der Waals surface area contributed by atoms with Gasteiger partial charge in [0.05, 0.1) is 12.2 Å². The average molecular weight is 383 g/mol. The summed E-state index contributed by atoms with van der Waals surface area (Å²) in [5.41, 5.74) is 3.95. The van der Waals surface area contributed by atoms with Gasteiger partial charge in [0.2, 0.25) is 0 Å². The van der Waals surface area contributed by atoms with Crippen molar-refractivity contribution in [2.45, 2.75) is 18.6 Å². The average Bonchev–Trinajstić information content (AvgIpc) is 2.96. The third-order valence-corrected chi connectivity index (χ3v) is 4.43.